The number of rotatable bonds is 7. The highest BCUT2D eigenvalue weighted by Gasteiger charge is 2.21. The molecular formula is C22H27N3O3S. The fraction of sp³-hybridized carbons (Fsp3) is 0.409. The third kappa shape index (κ3) is 4.34. The van der Waals surface area contributed by atoms with E-state index in [2.05, 4.69) is 41.3 Å². The van der Waals surface area contributed by atoms with Gasteiger partial charge in [0, 0.05) is 5.69 Å². The zero-order valence-electron chi connectivity index (χ0n) is 17.5. The minimum Gasteiger partial charge on any atom is -0.462 e. The third-order valence-electron chi connectivity index (χ3n) is 5.17. The normalized spacial score (nSPS) is 13.3. The van der Waals surface area contributed by atoms with Crippen LogP contribution in [-0.2, 0) is 4.74 Å². The maximum atomic E-state index is 12.7. The fourth-order valence-corrected chi connectivity index (χ4v) is 4.30. The molecule has 2 N–H and O–H groups in total. The molecule has 0 unspecified atom stereocenters. The van der Waals surface area contributed by atoms with Crippen LogP contribution >= 0.6 is 11.3 Å². The van der Waals surface area contributed by atoms with Gasteiger partial charge in [-0.2, -0.15) is 0 Å². The van der Waals surface area contributed by atoms with E-state index in [1.54, 1.807) is 13.8 Å². The van der Waals surface area contributed by atoms with Gasteiger partial charge in [-0.3, -0.25) is 4.79 Å². The maximum absolute atomic E-state index is 12.7. The average Bonchev–Trinajstić information content (AvgIpc) is 3.05. The minimum absolute atomic E-state index is 0.199. The zero-order valence-corrected chi connectivity index (χ0v) is 18.3. The van der Waals surface area contributed by atoms with Gasteiger partial charge in [0.1, 0.15) is 15.5 Å². The second-order valence-corrected chi connectivity index (χ2v) is 8.20. The van der Waals surface area contributed by atoms with Crippen LogP contribution in [0.1, 0.15) is 72.7 Å². The number of fused-ring (bicyclic) bond motifs is 1. The molecule has 0 saturated heterocycles. The molecule has 0 aliphatic carbocycles. The lowest BCUT2D eigenvalue weighted by atomic mass is 9.98. The molecule has 154 valence electrons. The van der Waals surface area contributed by atoms with Crippen molar-refractivity contribution in [1.82, 2.24) is 9.97 Å². The molecule has 0 radical (unpaired) electrons. The number of carbonyl (C=O) groups is 1. The predicted octanol–water partition coefficient (Wildman–Crippen LogP) is 5.16. The van der Waals surface area contributed by atoms with Crippen molar-refractivity contribution in [3.8, 4) is 0 Å². The van der Waals surface area contributed by atoms with Crippen molar-refractivity contribution < 1.29 is 9.53 Å². The number of benzene rings is 1. The summed E-state index contributed by atoms with van der Waals surface area (Å²) in [6.45, 7) is 10.1. The molecule has 6 nitrogen and oxygen atoms in total. The van der Waals surface area contributed by atoms with Gasteiger partial charge in [-0.05, 0) is 56.4 Å². The SMILES string of the molecule is CCOC(=O)c1sc2nc([C@H](C)Nc3ccc([C@@H](C)CC)cc3)[nH]c(=O)c2c1C. The summed E-state index contributed by atoms with van der Waals surface area (Å²) in [6.07, 6.45) is 1.10. The van der Waals surface area contributed by atoms with Crippen LogP contribution in [-0.4, -0.2) is 22.5 Å². The van der Waals surface area contributed by atoms with Gasteiger partial charge in [-0.25, -0.2) is 9.78 Å². The fourth-order valence-electron chi connectivity index (χ4n) is 3.22. The van der Waals surface area contributed by atoms with E-state index in [1.165, 1.54) is 16.9 Å². The van der Waals surface area contributed by atoms with Crippen LogP contribution in [0, 0.1) is 6.92 Å². The second kappa shape index (κ2) is 8.78. The van der Waals surface area contributed by atoms with E-state index in [9.17, 15) is 9.59 Å². The quantitative estimate of drug-likeness (QED) is 0.523. The van der Waals surface area contributed by atoms with Gasteiger partial charge >= 0.3 is 5.97 Å². The Morgan fingerprint density at radius 2 is 1.93 bits per heavy atom. The lowest BCUT2D eigenvalue weighted by molar-refractivity contribution is 0.0531. The second-order valence-electron chi connectivity index (χ2n) is 7.21. The number of esters is 1. The Morgan fingerprint density at radius 3 is 2.55 bits per heavy atom. The zero-order chi connectivity index (χ0) is 21.1. The van der Waals surface area contributed by atoms with E-state index < -0.39 is 5.97 Å². The lowest BCUT2D eigenvalue weighted by Gasteiger charge is -2.16. The number of thiophene rings is 1. The first-order chi connectivity index (χ1) is 13.8. The van der Waals surface area contributed by atoms with Gasteiger partial charge in [0.2, 0.25) is 0 Å². The van der Waals surface area contributed by atoms with Crippen molar-refractivity contribution in [2.75, 3.05) is 11.9 Å². The topological polar surface area (TPSA) is 84.1 Å². The maximum Gasteiger partial charge on any atom is 0.348 e. The van der Waals surface area contributed by atoms with Crippen molar-refractivity contribution in [3.63, 3.8) is 0 Å². The predicted molar refractivity (Wildman–Crippen MR) is 118 cm³/mol. The van der Waals surface area contributed by atoms with Crippen LogP contribution in [0.3, 0.4) is 0 Å². The summed E-state index contributed by atoms with van der Waals surface area (Å²) in [4.78, 5) is 33.2. The number of aromatic nitrogens is 2. The van der Waals surface area contributed by atoms with Crippen LogP contribution in [0.5, 0.6) is 0 Å². The summed E-state index contributed by atoms with van der Waals surface area (Å²) >= 11 is 1.20. The number of nitrogens with one attached hydrogen (secondary N) is 2. The number of H-pyrrole nitrogens is 1. The monoisotopic (exact) mass is 413 g/mol. The Kier molecular flexibility index (Phi) is 6.37. The minimum atomic E-state index is -0.415. The summed E-state index contributed by atoms with van der Waals surface area (Å²) in [6, 6.07) is 8.13. The van der Waals surface area contributed by atoms with Crippen molar-refractivity contribution in [3.05, 3.63) is 56.4 Å². The molecule has 0 spiro atoms. The molecule has 2 atom stereocenters. The van der Waals surface area contributed by atoms with Crippen molar-refractivity contribution in [2.45, 2.75) is 53.0 Å². The standard InChI is InChI=1S/C22H27N3O3S/c1-6-12(3)15-8-10-16(11-9-15)23-14(5)19-24-20(26)17-13(4)18(22(27)28-7-2)29-21(17)25-19/h8-12,14,23H,6-7H2,1-5H3,(H,24,25,26)/t12-,14-/m0/s1. The number of nitrogens with zero attached hydrogens (tertiary/aromatic N) is 1. The molecule has 3 aromatic rings. The molecule has 29 heavy (non-hydrogen) atoms. The number of aryl methyl sites for hydroxylation is 1. The van der Waals surface area contributed by atoms with E-state index in [-0.39, 0.29) is 11.6 Å². The number of hydrogen-bond acceptors (Lipinski definition) is 6. The Morgan fingerprint density at radius 1 is 1.24 bits per heavy atom. The molecular weight excluding hydrogens is 386 g/mol. The van der Waals surface area contributed by atoms with Gasteiger partial charge in [-0.1, -0.05) is 26.0 Å². The van der Waals surface area contributed by atoms with Crippen LogP contribution in [0.2, 0.25) is 0 Å². The average molecular weight is 414 g/mol. The lowest BCUT2D eigenvalue weighted by Crippen LogP contribution is -2.17. The summed E-state index contributed by atoms with van der Waals surface area (Å²) in [5, 5.41) is 3.83. The number of carbonyl (C=O) groups excluding carboxylic acids is 1. The summed E-state index contributed by atoms with van der Waals surface area (Å²) in [5.74, 6) is 0.643. The van der Waals surface area contributed by atoms with Gasteiger partial charge in [0.05, 0.1) is 18.0 Å². The third-order valence-corrected chi connectivity index (χ3v) is 6.33. The Hall–Kier alpha value is -2.67. The molecule has 2 heterocycles. The summed E-state index contributed by atoms with van der Waals surface area (Å²) < 4.78 is 5.09. The molecule has 0 bridgehead atoms. The number of anilines is 1. The van der Waals surface area contributed by atoms with Gasteiger partial charge in [0.25, 0.3) is 5.56 Å². The van der Waals surface area contributed by atoms with Crippen LogP contribution in [0.25, 0.3) is 10.2 Å². The van der Waals surface area contributed by atoms with Gasteiger partial charge in [-0.15, -0.1) is 11.3 Å². The Labute approximate surface area is 174 Å². The molecule has 1 aromatic carbocycles. The molecule has 0 aliphatic rings. The molecule has 7 heteroatoms. The van der Waals surface area contributed by atoms with E-state index in [0.717, 1.165) is 12.1 Å². The number of ether oxygens (including phenoxy) is 1. The molecule has 0 aliphatic heterocycles. The Bertz CT molecular complexity index is 1070. The van der Waals surface area contributed by atoms with E-state index >= 15 is 0 Å². The molecule has 0 fully saturated rings. The van der Waals surface area contributed by atoms with E-state index in [0.29, 0.717) is 39.0 Å². The van der Waals surface area contributed by atoms with Crippen LogP contribution in [0.4, 0.5) is 5.69 Å². The number of hydrogen-bond donors (Lipinski definition) is 2. The first kappa shape index (κ1) is 21.0. The summed E-state index contributed by atoms with van der Waals surface area (Å²) in [7, 11) is 0. The van der Waals surface area contributed by atoms with Crippen LogP contribution in [0.15, 0.2) is 29.1 Å². The molecule has 0 amide bonds. The number of aromatic amines is 1. The molecule has 0 saturated carbocycles. The first-order valence-electron chi connectivity index (χ1n) is 9.92. The largest absolute Gasteiger partial charge is 0.462 e. The molecule has 3 rings (SSSR count). The smallest absolute Gasteiger partial charge is 0.348 e. The van der Waals surface area contributed by atoms with Crippen LogP contribution < -0.4 is 10.9 Å². The van der Waals surface area contributed by atoms with Gasteiger partial charge < -0.3 is 15.0 Å². The highest BCUT2D eigenvalue weighted by molar-refractivity contribution is 7.20. The van der Waals surface area contributed by atoms with E-state index in [4.69, 9.17) is 4.74 Å². The van der Waals surface area contributed by atoms with Crippen molar-refractivity contribution in [1.29, 1.82) is 0 Å². The molecule has 2 aromatic heterocycles. The highest BCUT2D eigenvalue weighted by Crippen LogP contribution is 2.29. The van der Waals surface area contributed by atoms with E-state index in [1.807, 2.05) is 19.1 Å². The van der Waals surface area contributed by atoms with Crippen molar-refractivity contribution >= 4 is 33.2 Å². The first-order valence-corrected chi connectivity index (χ1v) is 10.7. The summed E-state index contributed by atoms with van der Waals surface area (Å²) in [5.41, 5.74) is 2.64. The Balaban J connectivity index is 1.87. The van der Waals surface area contributed by atoms with Gasteiger partial charge in [0.15, 0.2) is 0 Å². The highest BCUT2D eigenvalue weighted by atomic mass is 32.1. The van der Waals surface area contributed by atoms with Crippen molar-refractivity contribution in [2.24, 2.45) is 0 Å².